The summed E-state index contributed by atoms with van der Waals surface area (Å²) in [7, 11) is 0. The van der Waals surface area contributed by atoms with E-state index in [1.54, 1.807) is 17.0 Å². The highest BCUT2D eigenvalue weighted by Crippen LogP contribution is 2.25. The van der Waals surface area contributed by atoms with Gasteiger partial charge in [0.05, 0.1) is 17.8 Å². The summed E-state index contributed by atoms with van der Waals surface area (Å²) in [5.41, 5.74) is 5.65. The molecular formula is C12H15ClN2O3. The average Bonchev–Trinajstić information content (AvgIpc) is 2.25. The van der Waals surface area contributed by atoms with Crippen LogP contribution in [0.25, 0.3) is 0 Å². The van der Waals surface area contributed by atoms with Crippen LogP contribution >= 0.6 is 11.6 Å². The first-order valence-electron chi connectivity index (χ1n) is 5.40. The maximum absolute atomic E-state index is 11.2. The molecule has 1 rings (SSSR count). The third-order valence-corrected chi connectivity index (χ3v) is 2.68. The van der Waals surface area contributed by atoms with Crippen LogP contribution in [0.2, 0.25) is 5.02 Å². The predicted molar refractivity (Wildman–Crippen MR) is 70.1 cm³/mol. The Hall–Kier alpha value is -1.75. The van der Waals surface area contributed by atoms with Crippen molar-refractivity contribution in [2.75, 3.05) is 11.4 Å². The number of anilines is 1. The van der Waals surface area contributed by atoms with E-state index in [4.69, 9.17) is 22.4 Å². The second-order valence-electron chi connectivity index (χ2n) is 4.15. The molecular weight excluding hydrogens is 256 g/mol. The van der Waals surface area contributed by atoms with Gasteiger partial charge in [0.15, 0.2) is 0 Å². The molecule has 98 valence electrons. The van der Waals surface area contributed by atoms with Crippen LogP contribution in [0, 0.1) is 0 Å². The fourth-order valence-electron chi connectivity index (χ4n) is 1.64. The topological polar surface area (TPSA) is 83.6 Å². The molecule has 0 saturated heterocycles. The molecule has 0 atom stereocenters. The molecule has 0 heterocycles. The third kappa shape index (κ3) is 3.37. The van der Waals surface area contributed by atoms with Crippen LogP contribution in [0.15, 0.2) is 18.2 Å². The lowest BCUT2D eigenvalue weighted by molar-refractivity contribution is -0.116. The van der Waals surface area contributed by atoms with Gasteiger partial charge in [0.1, 0.15) is 0 Å². The third-order valence-electron chi connectivity index (χ3n) is 2.45. The van der Waals surface area contributed by atoms with Gasteiger partial charge in [0.25, 0.3) is 0 Å². The molecule has 0 spiro atoms. The molecule has 3 N–H and O–H groups in total. The van der Waals surface area contributed by atoms with Gasteiger partial charge in [0, 0.05) is 11.1 Å². The van der Waals surface area contributed by atoms with E-state index in [1.165, 1.54) is 6.07 Å². The SMILES string of the molecule is CC(C)N(CC(N)=O)c1ccc(Cl)cc1C(=O)O. The van der Waals surface area contributed by atoms with Gasteiger partial charge in [-0.25, -0.2) is 4.79 Å². The van der Waals surface area contributed by atoms with Gasteiger partial charge in [0.2, 0.25) is 5.91 Å². The quantitative estimate of drug-likeness (QED) is 0.854. The Labute approximate surface area is 110 Å². The van der Waals surface area contributed by atoms with Crippen molar-refractivity contribution in [1.82, 2.24) is 0 Å². The minimum Gasteiger partial charge on any atom is -0.478 e. The van der Waals surface area contributed by atoms with Crippen LogP contribution in [0.5, 0.6) is 0 Å². The van der Waals surface area contributed by atoms with Crippen LogP contribution < -0.4 is 10.6 Å². The summed E-state index contributed by atoms with van der Waals surface area (Å²) in [5, 5.41) is 9.49. The smallest absolute Gasteiger partial charge is 0.337 e. The lowest BCUT2D eigenvalue weighted by atomic mass is 10.1. The van der Waals surface area contributed by atoms with Crippen molar-refractivity contribution in [2.24, 2.45) is 5.73 Å². The first-order valence-corrected chi connectivity index (χ1v) is 5.78. The maximum atomic E-state index is 11.2. The van der Waals surface area contributed by atoms with E-state index in [9.17, 15) is 9.59 Å². The monoisotopic (exact) mass is 270 g/mol. The molecule has 0 saturated carbocycles. The molecule has 0 aliphatic carbocycles. The lowest BCUT2D eigenvalue weighted by Gasteiger charge is -2.28. The van der Waals surface area contributed by atoms with Crippen LogP contribution in [0.3, 0.4) is 0 Å². The summed E-state index contributed by atoms with van der Waals surface area (Å²) in [6.07, 6.45) is 0. The molecule has 0 bridgehead atoms. The summed E-state index contributed by atoms with van der Waals surface area (Å²) in [6.45, 7) is 3.66. The first kappa shape index (κ1) is 14.3. The molecule has 0 unspecified atom stereocenters. The second-order valence-corrected chi connectivity index (χ2v) is 4.59. The Balaban J connectivity index is 3.27. The fraction of sp³-hybridized carbons (Fsp3) is 0.333. The van der Waals surface area contributed by atoms with Crippen molar-refractivity contribution >= 4 is 29.2 Å². The number of aromatic carboxylic acids is 1. The summed E-state index contributed by atoms with van der Waals surface area (Å²) in [6, 6.07) is 4.46. The number of carboxylic acid groups (broad SMARTS) is 1. The molecule has 0 aromatic heterocycles. The number of amides is 1. The number of carbonyl (C=O) groups is 2. The molecule has 0 aliphatic heterocycles. The number of benzene rings is 1. The van der Waals surface area contributed by atoms with Crippen molar-refractivity contribution in [3.63, 3.8) is 0 Å². The minimum absolute atomic E-state index is 0.0421. The van der Waals surface area contributed by atoms with Gasteiger partial charge in [-0.05, 0) is 32.0 Å². The summed E-state index contributed by atoms with van der Waals surface area (Å²) >= 11 is 5.78. The number of halogens is 1. The van der Waals surface area contributed by atoms with Crippen LogP contribution in [-0.4, -0.2) is 29.6 Å². The second kappa shape index (κ2) is 5.73. The number of primary amides is 1. The molecule has 6 heteroatoms. The highest BCUT2D eigenvalue weighted by Gasteiger charge is 2.20. The number of carbonyl (C=O) groups excluding carboxylic acids is 1. The van der Waals surface area contributed by atoms with Crippen molar-refractivity contribution in [1.29, 1.82) is 0 Å². The number of hydrogen-bond donors (Lipinski definition) is 2. The number of nitrogens with two attached hydrogens (primary N) is 1. The largest absolute Gasteiger partial charge is 0.478 e. The minimum atomic E-state index is -1.09. The van der Waals surface area contributed by atoms with E-state index in [0.717, 1.165) is 0 Å². The molecule has 0 fully saturated rings. The first-order chi connectivity index (χ1) is 8.32. The van der Waals surface area contributed by atoms with Crippen molar-refractivity contribution in [3.05, 3.63) is 28.8 Å². The average molecular weight is 271 g/mol. The van der Waals surface area contributed by atoms with Crippen LogP contribution in [0.4, 0.5) is 5.69 Å². The highest BCUT2D eigenvalue weighted by atomic mass is 35.5. The molecule has 1 aromatic carbocycles. The maximum Gasteiger partial charge on any atom is 0.337 e. The predicted octanol–water partition coefficient (Wildman–Crippen LogP) is 1.74. The van der Waals surface area contributed by atoms with Gasteiger partial charge < -0.3 is 15.7 Å². The fourth-order valence-corrected chi connectivity index (χ4v) is 1.82. The molecule has 1 amide bonds. The van der Waals surface area contributed by atoms with E-state index >= 15 is 0 Å². The lowest BCUT2D eigenvalue weighted by Crippen LogP contribution is -2.39. The normalized spacial score (nSPS) is 10.4. The summed E-state index contributed by atoms with van der Waals surface area (Å²) in [4.78, 5) is 23.9. The van der Waals surface area contributed by atoms with Gasteiger partial charge in [-0.1, -0.05) is 11.6 Å². The van der Waals surface area contributed by atoms with Crippen molar-refractivity contribution in [3.8, 4) is 0 Å². The highest BCUT2D eigenvalue weighted by molar-refractivity contribution is 6.31. The summed E-state index contributed by atoms with van der Waals surface area (Å²) < 4.78 is 0. The Bertz CT molecular complexity index is 474. The van der Waals surface area contributed by atoms with Crippen molar-refractivity contribution in [2.45, 2.75) is 19.9 Å². The van der Waals surface area contributed by atoms with Gasteiger partial charge in [-0.3, -0.25) is 4.79 Å². The van der Waals surface area contributed by atoms with Gasteiger partial charge >= 0.3 is 5.97 Å². The molecule has 0 radical (unpaired) electrons. The Morgan fingerprint density at radius 2 is 2.06 bits per heavy atom. The number of hydrogen-bond acceptors (Lipinski definition) is 3. The Kier molecular flexibility index (Phi) is 4.55. The van der Waals surface area contributed by atoms with E-state index < -0.39 is 11.9 Å². The number of nitrogens with zero attached hydrogens (tertiary/aromatic N) is 1. The zero-order valence-corrected chi connectivity index (χ0v) is 10.9. The molecule has 0 aliphatic rings. The zero-order chi connectivity index (χ0) is 13.9. The van der Waals surface area contributed by atoms with E-state index in [0.29, 0.717) is 10.7 Å². The van der Waals surface area contributed by atoms with Gasteiger partial charge in [-0.15, -0.1) is 0 Å². The number of rotatable bonds is 5. The van der Waals surface area contributed by atoms with Crippen LogP contribution in [0.1, 0.15) is 24.2 Å². The number of carboxylic acids is 1. The van der Waals surface area contributed by atoms with Gasteiger partial charge in [-0.2, -0.15) is 0 Å². The Morgan fingerprint density at radius 1 is 1.44 bits per heavy atom. The van der Waals surface area contributed by atoms with E-state index in [-0.39, 0.29) is 18.2 Å². The zero-order valence-electron chi connectivity index (χ0n) is 10.2. The molecule has 18 heavy (non-hydrogen) atoms. The standard InChI is InChI=1S/C12H15ClN2O3/c1-7(2)15(6-11(14)16)10-4-3-8(13)5-9(10)12(17)18/h3-5,7H,6H2,1-2H3,(H2,14,16)(H,17,18). The van der Waals surface area contributed by atoms with E-state index in [1.807, 2.05) is 13.8 Å². The van der Waals surface area contributed by atoms with E-state index in [2.05, 4.69) is 0 Å². The van der Waals surface area contributed by atoms with Crippen LogP contribution in [-0.2, 0) is 4.79 Å². The van der Waals surface area contributed by atoms with Crippen molar-refractivity contribution < 1.29 is 14.7 Å². The summed E-state index contributed by atoms with van der Waals surface area (Å²) in [5.74, 6) is -1.61. The Morgan fingerprint density at radius 3 is 2.50 bits per heavy atom. The molecule has 1 aromatic rings. The molecule has 5 nitrogen and oxygen atoms in total.